The first kappa shape index (κ1) is 22.8. The molecule has 0 N–H and O–H groups in total. The van der Waals surface area contributed by atoms with Crippen LogP contribution in [0.3, 0.4) is 0 Å². The number of nitrogens with zero attached hydrogens (tertiary/aromatic N) is 3. The van der Waals surface area contributed by atoms with Crippen molar-refractivity contribution in [3.63, 3.8) is 0 Å². The Morgan fingerprint density at radius 1 is 0.943 bits per heavy atom. The van der Waals surface area contributed by atoms with Crippen molar-refractivity contribution in [2.45, 2.75) is 25.9 Å². The lowest BCUT2D eigenvalue weighted by atomic mass is 9.89. The monoisotopic (exact) mass is 467 g/mol. The molecule has 0 spiro atoms. The molecule has 1 aliphatic rings. The molecule has 2 aromatic heterocycles. The number of aromatic nitrogens is 2. The summed E-state index contributed by atoms with van der Waals surface area (Å²) in [7, 11) is 1.59. The zero-order valence-corrected chi connectivity index (χ0v) is 19.9. The summed E-state index contributed by atoms with van der Waals surface area (Å²) >= 11 is 0. The predicted molar refractivity (Wildman–Crippen MR) is 136 cm³/mol. The van der Waals surface area contributed by atoms with Crippen molar-refractivity contribution in [2.75, 3.05) is 20.2 Å². The van der Waals surface area contributed by atoms with E-state index in [9.17, 15) is 4.79 Å². The summed E-state index contributed by atoms with van der Waals surface area (Å²) in [5.74, 6) is 1.52. The number of para-hydroxylation sites is 2. The summed E-state index contributed by atoms with van der Waals surface area (Å²) < 4.78 is 11.6. The fourth-order valence-corrected chi connectivity index (χ4v) is 4.78. The highest BCUT2D eigenvalue weighted by Crippen LogP contribution is 2.34. The molecular weight excluding hydrogens is 438 g/mol. The summed E-state index contributed by atoms with van der Waals surface area (Å²) in [4.78, 5) is 24.3. The molecule has 6 heteroatoms. The van der Waals surface area contributed by atoms with Crippen molar-refractivity contribution < 1.29 is 14.3 Å². The van der Waals surface area contributed by atoms with E-state index in [0.717, 1.165) is 43.6 Å². The topological polar surface area (TPSA) is 64.5 Å². The summed E-state index contributed by atoms with van der Waals surface area (Å²) in [5.41, 5.74) is 3.68. The molecule has 1 amide bonds. The Hall–Kier alpha value is -3.93. The lowest BCUT2D eigenvalue weighted by molar-refractivity contribution is 0.0685. The van der Waals surface area contributed by atoms with Crippen LogP contribution in [-0.2, 0) is 13.0 Å². The number of rotatable bonds is 7. The molecule has 35 heavy (non-hydrogen) atoms. The first-order chi connectivity index (χ1) is 17.2. The van der Waals surface area contributed by atoms with Gasteiger partial charge in [0.1, 0.15) is 6.61 Å². The van der Waals surface area contributed by atoms with Gasteiger partial charge in [-0.25, -0.2) is 0 Å². The van der Waals surface area contributed by atoms with E-state index in [1.165, 1.54) is 10.9 Å². The van der Waals surface area contributed by atoms with Gasteiger partial charge in [0, 0.05) is 30.9 Å². The summed E-state index contributed by atoms with van der Waals surface area (Å²) in [6, 6.07) is 21.6. The first-order valence-corrected chi connectivity index (χ1v) is 12.0. The molecule has 0 saturated carbocycles. The SMILES string of the molecule is COc1cccc(C(=O)N2CCC(Cc3cccc4cccnc34)CC2)c1OCc1ccccn1. The average molecular weight is 468 g/mol. The van der Waals surface area contributed by atoms with Crippen molar-refractivity contribution in [2.24, 2.45) is 5.92 Å². The molecule has 1 aliphatic heterocycles. The molecule has 0 unspecified atom stereocenters. The Bertz CT molecular complexity index is 1300. The van der Waals surface area contributed by atoms with Gasteiger partial charge >= 0.3 is 0 Å². The normalized spacial score (nSPS) is 14.1. The largest absolute Gasteiger partial charge is 0.493 e. The van der Waals surface area contributed by atoms with Crippen LogP contribution in [0.5, 0.6) is 11.5 Å². The van der Waals surface area contributed by atoms with Crippen molar-refractivity contribution in [1.82, 2.24) is 14.9 Å². The van der Waals surface area contributed by atoms with Crippen molar-refractivity contribution in [1.29, 1.82) is 0 Å². The van der Waals surface area contributed by atoms with Gasteiger partial charge in [-0.15, -0.1) is 0 Å². The number of hydrogen-bond acceptors (Lipinski definition) is 5. The van der Waals surface area contributed by atoms with Crippen LogP contribution in [0.25, 0.3) is 10.9 Å². The Balaban J connectivity index is 1.27. The minimum absolute atomic E-state index is 0.0230. The van der Waals surface area contributed by atoms with Crippen LogP contribution >= 0.6 is 0 Å². The van der Waals surface area contributed by atoms with E-state index in [-0.39, 0.29) is 12.5 Å². The zero-order valence-electron chi connectivity index (χ0n) is 19.9. The average Bonchev–Trinajstić information content (AvgIpc) is 2.92. The predicted octanol–water partition coefficient (Wildman–Crippen LogP) is 5.31. The summed E-state index contributed by atoms with van der Waals surface area (Å²) in [5, 5.41) is 1.17. The first-order valence-electron chi connectivity index (χ1n) is 12.0. The number of methoxy groups -OCH3 is 1. The fourth-order valence-electron chi connectivity index (χ4n) is 4.78. The third-order valence-corrected chi connectivity index (χ3v) is 6.65. The van der Waals surface area contributed by atoms with Crippen LogP contribution in [0, 0.1) is 5.92 Å². The maximum atomic E-state index is 13.5. The molecule has 1 saturated heterocycles. The molecule has 5 rings (SSSR count). The van der Waals surface area contributed by atoms with E-state index in [1.807, 2.05) is 53.6 Å². The minimum Gasteiger partial charge on any atom is -0.493 e. The molecule has 3 heterocycles. The maximum absolute atomic E-state index is 13.5. The van der Waals surface area contributed by atoms with Gasteiger partial charge in [-0.05, 0) is 61.1 Å². The molecule has 1 fully saturated rings. The summed E-state index contributed by atoms with van der Waals surface area (Å²) in [6.07, 6.45) is 6.49. The maximum Gasteiger partial charge on any atom is 0.257 e. The second-order valence-electron chi connectivity index (χ2n) is 8.88. The van der Waals surface area contributed by atoms with E-state index < -0.39 is 0 Å². The van der Waals surface area contributed by atoms with Crippen LogP contribution in [0.15, 0.2) is 79.1 Å². The number of likely N-dealkylation sites (tertiary alicyclic amines) is 1. The molecule has 6 nitrogen and oxygen atoms in total. The molecular formula is C29H29N3O3. The van der Waals surface area contributed by atoms with Crippen molar-refractivity contribution in [3.05, 3.63) is 95.9 Å². The van der Waals surface area contributed by atoms with Crippen molar-refractivity contribution in [3.8, 4) is 11.5 Å². The van der Waals surface area contributed by atoms with Crippen LogP contribution < -0.4 is 9.47 Å². The van der Waals surface area contributed by atoms with E-state index >= 15 is 0 Å². The van der Waals surface area contributed by atoms with Crippen molar-refractivity contribution >= 4 is 16.8 Å². The molecule has 178 valence electrons. The van der Waals surface area contributed by atoms with Crippen LogP contribution in [0.1, 0.15) is 34.5 Å². The number of benzene rings is 2. The molecule has 0 bridgehead atoms. The number of amides is 1. The Morgan fingerprint density at radius 2 is 1.74 bits per heavy atom. The minimum atomic E-state index is -0.0230. The third kappa shape index (κ3) is 5.11. The number of piperidine rings is 1. The van der Waals surface area contributed by atoms with Gasteiger partial charge in [-0.2, -0.15) is 0 Å². The standard InChI is InChI=1S/C29H29N3O3/c1-34-26-12-5-11-25(28(26)35-20-24-10-2-3-15-30-24)29(33)32-17-13-21(14-18-32)19-23-8-4-7-22-9-6-16-31-27(22)23/h2-12,15-16,21H,13-14,17-20H2,1H3. The van der Waals surface area contributed by atoms with Gasteiger partial charge in [0.2, 0.25) is 0 Å². The highest BCUT2D eigenvalue weighted by Gasteiger charge is 2.27. The van der Waals surface area contributed by atoms with Gasteiger partial charge < -0.3 is 14.4 Å². The highest BCUT2D eigenvalue weighted by atomic mass is 16.5. The van der Waals surface area contributed by atoms with Crippen LogP contribution in [0.4, 0.5) is 0 Å². The second kappa shape index (κ2) is 10.6. The van der Waals surface area contributed by atoms with Gasteiger partial charge in [0.15, 0.2) is 11.5 Å². The van der Waals surface area contributed by atoms with Gasteiger partial charge in [-0.1, -0.05) is 36.4 Å². The Morgan fingerprint density at radius 3 is 2.54 bits per heavy atom. The lowest BCUT2D eigenvalue weighted by Gasteiger charge is -2.32. The third-order valence-electron chi connectivity index (χ3n) is 6.65. The molecule has 2 aromatic carbocycles. The quantitative estimate of drug-likeness (QED) is 0.368. The van der Waals surface area contributed by atoms with Crippen LogP contribution in [0.2, 0.25) is 0 Å². The molecule has 0 aliphatic carbocycles. The van der Waals surface area contributed by atoms with Gasteiger partial charge in [0.05, 0.1) is 23.9 Å². The zero-order chi connectivity index (χ0) is 24.0. The number of pyridine rings is 2. The highest BCUT2D eigenvalue weighted by molar-refractivity contribution is 5.98. The number of ether oxygens (including phenoxy) is 2. The number of carbonyl (C=O) groups is 1. The van der Waals surface area contributed by atoms with E-state index in [0.29, 0.717) is 23.0 Å². The van der Waals surface area contributed by atoms with Crippen LogP contribution in [-0.4, -0.2) is 41.0 Å². The van der Waals surface area contributed by atoms with E-state index in [4.69, 9.17) is 9.47 Å². The molecule has 0 radical (unpaired) electrons. The fraction of sp³-hybridized carbons (Fsp3) is 0.276. The van der Waals surface area contributed by atoms with E-state index in [2.05, 4.69) is 34.2 Å². The summed E-state index contributed by atoms with van der Waals surface area (Å²) in [6.45, 7) is 1.71. The number of fused-ring (bicyclic) bond motifs is 1. The number of carbonyl (C=O) groups excluding carboxylic acids is 1. The van der Waals surface area contributed by atoms with Gasteiger partial charge in [0.25, 0.3) is 5.91 Å². The second-order valence-corrected chi connectivity index (χ2v) is 8.88. The molecule has 4 aromatic rings. The van der Waals surface area contributed by atoms with E-state index in [1.54, 1.807) is 13.3 Å². The molecule has 0 atom stereocenters. The lowest BCUT2D eigenvalue weighted by Crippen LogP contribution is -2.39. The Labute approximate surface area is 205 Å². The Kier molecular flexibility index (Phi) is 6.89. The smallest absolute Gasteiger partial charge is 0.257 e. The number of hydrogen-bond donors (Lipinski definition) is 0. The van der Waals surface area contributed by atoms with Gasteiger partial charge in [-0.3, -0.25) is 14.8 Å².